The normalized spacial score (nSPS) is 11.7. The van der Waals surface area contributed by atoms with Crippen molar-refractivity contribution in [3.8, 4) is 0 Å². The summed E-state index contributed by atoms with van der Waals surface area (Å²) in [4.78, 5) is 14.3. The number of rotatable bonds is 3. The zero-order valence-electron chi connectivity index (χ0n) is 11.2. The second-order valence-electron chi connectivity index (χ2n) is 4.68. The van der Waals surface area contributed by atoms with E-state index in [1.165, 1.54) is 22.5 Å². The van der Waals surface area contributed by atoms with E-state index in [1.54, 1.807) is 6.92 Å². The Hall–Kier alpha value is -2.00. The molecule has 3 rings (SSSR count). The molecule has 1 heterocycles. The van der Waals surface area contributed by atoms with Crippen LogP contribution in [0.2, 0.25) is 0 Å². The van der Waals surface area contributed by atoms with Crippen molar-refractivity contribution in [3.05, 3.63) is 54.1 Å². The van der Waals surface area contributed by atoms with Crippen molar-refractivity contribution in [1.82, 2.24) is 4.98 Å². The minimum atomic E-state index is 0.154. The van der Waals surface area contributed by atoms with Crippen molar-refractivity contribution in [3.63, 3.8) is 0 Å². The van der Waals surface area contributed by atoms with E-state index in [0.29, 0.717) is 0 Å². The number of carbonyl (C=O) groups is 1. The number of fused-ring (bicyclic) bond motifs is 3. The fourth-order valence-corrected chi connectivity index (χ4v) is 2.75. The number of nitrogens with one attached hydrogen (secondary N) is 1. The summed E-state index contributed by atoms with van der Waals surface area (Å²) in [6, 6.07) is 14.7. The van der Waals surface area contributed by atoms with Gasteiger partial charge in [-0.3, -0.25) is 4.79 Å². The number of H-pyrrole nitrogens is 1. The summed E-state index contributed by atoms with van der Waals surface area (Å²) < 4.78 is 0. The van der Waals surface area contributed by atoms with Gasteiger partial charge in [0.2, 0.25) is 0 Å². The van der Waals surface area contributed by atoms with Crippen LogP contribution in [0.3, 0.4) is 0 Å². The van der Waals surface area contributed by atoms with Crippen LogP contribution in [-0.4, -0.2) is 15.9 Å². The molecule has 0 aliphatic carbocycles. The molecule has 0 aliphatic heterocycles. The highest BCUT2D eigenvalue weighted by Gasteiger charge is 2.03. The third-order valence-electron chi connectivity index (χ3n) is 3.22. The summed E-state index contributed by atoms with van der Waals surface area (Å²) in [6.45, 7) is 1.59. The standard InChI is InChI=1S/C17H15NOS/c1-12(19)20-10-4-5-13-8-9-17-15(11-13)14-6-2-3-7-16(14)18-17/h2-9,11,18H,10H2,1H3. The van der Waals surface area contributed by atoms with Crippen molar-refractivity contribution in [2.24, 2.45) is 0 Å². The van der Waals surface area contributed by atoms with Gasteiger partial charge in [-0.2, -0.15) is 0 Å². The molecule has 0 bridgehead atoms. The van der Waals surface area contributed by atoms with E-state index in [0.717, 1.165) is 22.3 Å². The van der Waals surface area contributed by atoms with Gasteiger partial charge in [0.1, 0.15) is 0 Å². The maximum atomic E-state index is 10.9. The number of aromatic nitrogens is 1. The van der Waals surface area contributed by atoms with Gasteiger partial charge in [0, 0.05) is 34.5 Å². The molecule has 20 heavy (non-hydrogen) atoms. The molecule has 0 atom stereocenters. The van der Waals surface area contributed by atoms with Gasteiger partial charge in [0.05, 0.1) is 0 Å². The number of hydrogen-bond acceptors (Lipinski definition) is 2. The molecule has 0 spiro atoms. The van der Waals surface area contributed by atoms with Crippen molar-refractivity contribution >= 4 is 44.8 Å². The van der Waals surface area contributed by atoms with Crippen LogP contribution in [0.1, 0.15) is 12.5 Å². The SMILES string of the molecule is CC(=O)SCC=Cc1ccc2[nH]c3ccccc3c2c1. The predicted molar refractivity (Wildman–Crippen MR) is 88.0 cm³/mol. The Kier molecular flexibility index (Phi) is 3.61. The summed E-state index contributed by atoms with van der Waals surface area (Å²) in [6.07, 6.45) is 4.10. The van der Waals surface area contributed by atoms with E-state index in [2.05, 4.69) is 47.5 Å². The number of benzene rings is 2. The summed E-state index contributed by atoms with van der Waals surface area (Å²) in [7, 11) is 0. The van der Waals surface area contributed by atoms with Crippen molar-refractivity contribution in [2.75, 3.05) is 5.75 Å². The minimum Gasteiger partial charge on any atom is -0.355 e. The molecule has 0 unspecified atom stereocenters. The molecular weight excluding hydrogens is 266 g/mol. The summed E-state index contributed by atoms with van der Waals surface area (Å²) in [5, 5.41) is 2.64. The van der Waals surface area contributed by atoms with E-state index >= 15 is 0 Å². The molecule has 0 fully saturated rings. The highest BCUT2D eigenvalue weighted by Crippen LogP contribution is 2.26. The lowest BCUT2D eigenvalue weighted by molar-refractivity contribution is -0.109. The van der Waals surface area contributed by atoms with Crippen LogP contribution in [0.15, 0.2) is 48.5 Å². The van der Waals surface area contributed by atoms with Gasteiger partial charge in [-0.1, -0.05) is 48.2 Å². The van der Waals surface area contributed by atoms with Gasteiger partial charge >= 0.3 is 0 Å². The molecule has 0 aliphatic rings. The fraction of sp³-hybridized carbons (Fsp3) is 0.118. The average molecular weight is 281 g/mol. The Labute approximate surface area is 121 Å². The zero-order valence-corrected chi connectivity index (χ0v) is 12.0. The first-order valence-corrected chi connectivity index (χ1v) is 7.53. The minimum absolute atomic E-state index is 0.154. The van der Waals surface area contributed by atoms with E-state index in [1.807, 2.05) is 12.1 Å². The highest BCUT2D eigenvalue weighted by atomic mass is 32.2. The third-order valence-corrected chi connectivity index (χ3v) is 3.99. The molecule has 1 aromatic heterocycles. The Morgan fingerprint density at radius 1 is 1.15 bits per heavy atom. The number of aromatic amines is 1. The van der Waals surface area contributed by atoms with Gasteiger partial charge in [0.25, 0.3) is 0 Å². The largest absolute Gasteiger partial charge is 0.355 e. The van der Waals surface area contributed by atoms with Crippen molar-refractivity contribution in [2.45, 2.75) is 6.92 Å². The molecule has 0 amide bonds. The van der Waals surface area contributed by atoms with Crippen LogP contribution < -0.4 is 0 Å². The molecule has 2 nitrogen and oxygen atoms in total. The third kappa shape index (κ3) is 2.63. The van der Waals surface area contributed by atoms with Gasteiger partial charge in [0.15, 0.2) is 5.12 Å². The summed E-state index contributed by atoms with van der Waals surface area (Å²) in [5.74, 6) is 0.723. The van der Waals surface area contributed by atoms with Crippen LogP contribution in [-0.2, 0) is 4.79 Å². The molecule has 0 saturated heterocycles. The first kappa shape index (κ1) is 13.0. The molecule has 1 N–H and O–H groups in total. The molecule has 3 aromatic rings. The first-order chi connectivity index (χ1) is 9.74. The predicted octanol–water partition coefficient (Wildman–Crippen LogP) is 4.61. The number of carbonyl (C=O) groups excluding carboxylic acids is 1. The average Bonchev–Trinajstić information content (AvgIpc) is 2.81. The van der Waals surface area contributed by atoms with Crippen molar-refractivity contribution < 1.29 is 4.79 Å². The molecule has 3 heteroatoms. The lowest BCUT2D eigenvalue weighted by Crippen LogP contribution is -1.81. The van der Waals surface area contributed by atoms with E-state index < -0.39 is 0 Å². The Bertz CT molecular complexity index is 801. The fourth-order valence-electron chi connectivity index (χ4n) is 2.32. The molecule has 0 radical (unpaired) electrons. The van der Waals surface area contributed by atoms with Crippen LogP contribution in [0, 0.1) is 0 Å². The second kappa shape index (κ2) is 5.55. The maximum absolute atomic E-state index is 10.9. The van der Waals surface area contributed by atoms with Gasteiger partial charge in [-0.15, -0.1) is 0 Å². The van der Waals surface area contributed by atoms with Gasteiger partial charge in [-0.05, 0) is 23.8 Å². The Morgan fingerprint density at radius 3 is 2.80 bits per heavy atom. The number of thioether (sulfide) groups is 1. The molecular formula is C17H15NOS. The molecule has 100 valence electrons. The number of hydrogen-bond donors (Lipinski definition) is 1. The smallest absolute Gasteiger partial charge is 0.186 e. The lowest BCUT2D eigenvalue weighted by Gasteiger charge is -1.95. The Balaban J connectivity index is 1.93. The van der Waals surface area contributed by atoms with E-state index in [4.69, 9.17) is 0 Å². The summed E-state index contributed by atoms with van der Waals surface area (Å²) in [5.41, 5.74) is 3.48. The van der Waals surface area contributed by atoms with Crippen molar-refractivity contribution in [1.29, 1.82) is 0 Å². The van der Waals surface area contributed by atoms with Gasteiger partial charge < -0.3 is 4.98 Å². The Morgan fingerprint density at radius 2 is 1.95 bits per heavy atom. The molecule has 0 saturated carbocycles. The molecule has 2 aromatic carbocycles. The second-order valence-corrected chi connectivity index (χ2v) is 5.88. The quantitative estimate of drug-likeness (QED) is 0.760. The highest BCUT2D eigenvalue weighted by molar-refractivity contribution is 8.13. The van der Waals surface area contributed by atoms with Crippen LogP contribution in [0.4, 0.5) is 0 Å². The van der Waals surface area contributed by atoms with Crippen LogP contribution in [0.5, 0.6) is 0 Å². The van der Waals surface area contributed by atoms with Crippen LogP contribution >= 0.6 is 11.8 Å². The van der Waals surface area contributed by atoms with Crippen LogP contribution in [0.25, 0.3) is 27.9 Å². The lowest BCUT2D eigenvalue weighted by atomic mass is 10.1. The number of para-hydroxylation sites is 1. The van der Waals surface area contributed by atoms with E-state index in [-0.39, 0.29) is 5.12 Å². The zero-order chi connectivity index (χ0) is 13.9. The topological polar surface area (TPSA) is 32.9 Å². The first-order valence-electron chi connectivity index (χ1n) is 6.54. The summed E-state index contributed by atoms with van der Waals surface area (Å²) >= 11 is 1.33. The van der Waals surface area contributed by atoms with Gasteiger partial charge in [-0.25, -0.2) is 0 Å². The monoisotopic (exact) mass is 281 g/mol. The van der Waals surface area contributed by atoms with E-state index in [9.17, 15) is 4.79 Å². The maximum Gasteiger partial charge on any atom is 0.186 e.